The number of nitrogens with one attached hydrogen (secondary N) is 1. The van der Waals surface area contributed by atoms with Crippen LogP contribution in [0.4, 0.5) is 0 Å². The van der Waals surface area contributed by atoms with Crippen LogP contribution in [0.3, 0.4) is 0 Å². The Kier molecular flexibility index (Phi) is 3.67. The van der Waals surface area contributed by atoms with Crippen molar-refractivity contribution in [2.75, 3.05) is 6.61 Å². The van der Waals surface area contributed by atoms with Crippen LogP contribution in [0.5, 0.6) is 0 Å². The van der Waals surface area contributed by atoms with Gasteiger partial charge in [-0.2, -0.15) is 0 Å². The first-order valence-electron chi connectivity index (χ1n) is 5.08. The average molecular weight is 230 g/mol. The van der Waals surface area contributed by atoms with E-state index in [-0.39, 0.29) is 22.9 Å². The standard InChI is InChI=1S/C10H18N2O2S/c1-6-4-5-14-7(6)8(13)12-10(2,3)9(11)15/h6-7H,4-5H2,1-3H3,(H2,11,15)(H,12,13). The number of hydrogen-bond acceptors (Lipinski definition) is 3. The van der Waals surface area contributed by atoms with Crippen molar-refractivity contribution >= 4 is 23.1 Å². The van der Waals surface area contributed by atoms with Crippen molar-refractivity contribution in [3.05, 3.63) is 0 Å². The first-order chi connectivity index (χ1) is 6.84. The molecule has 0 aliphatic carbocycles. The molecular weight excluding hydrogens is 212 g/mol. The third-order valence-corrected chi connectivity index (χ3v) is 3.21. The summed E-state index contributed by atoms with van der Waals surface area (Å²) in [5, 5.41) is 2.80. The van der Waals surface area contributed by atoms with Gasteiger partial charge in [-0.05, 0) is 26.2 Å². The highest BCUT2D eigenvalue weighted by Gasteiger charge is 2.34. The molecule has 0 aromatic carbocycles. The van der Waals surface area contributed by atoms with Gasteiger partial charge in [0, 0.05) is 6.61 Å². The molecule has 5 heteroatoms. The molecule has 1 saturated heterocycles. The van der Waals surface area contributed by atoms with Gasteiger partial charge in [0.1, 0.15) is 6.10 Å². The summed E-state index contributed by atoms with van der Waals surface area (Å²) >= 11 is 4.88. The van der Waals surface area contributed by atoms with Crippen LogP contribution in [0.2, 0.25) is 0 Å². The quantitative estimate of drug-likeness (QED) is 0.697. The molecule has 2 unspecified atom stereocenters. The second-order valence-electron chi connectivity index (χ2n) is 4.54. The number of ether oxygens (including phenoxy) is 1. The van der Waals surface area contributed by atoms with Gasteiger partial charge in [0.05, 0.1) is 10.5 Å². The zero-order valence-electron chi connectivity index (χ0n) is 9.37. The average Bonchev–Trinajstić information content (AvgIpc) is 2.50. The maximum atomic E-state index is 11.8. The monoisotopic (exact) mass is 230 g/mol. The van der Waals surface area contributed by atoms with E-state index in [0.29, 0.717) is 6.61 Å². The molecule has 0 bridgehead atoms. The highest BCUT2D eigenvalue weighted by atomic mass is 32.1. The smallest absolute Gasteiger partial charge is 0.250 e. The van der Waals surface area contributed by atoms with Gasteiger partial charge in [-0.1, -0.05) is 19.1 Å². The van der Waals surface area contributed by atoms with Crippen LogP contribution in [0.25, 0.3) is 0 Å². The summed E-state index contributed by atoms with van der Waals surface area (Å²) in [6, 6.07) is 0. The second-order valence-corrected chi connectivity index (χ2v) is 4.98. The lowest BCUT2D eigenvalue weighted by Crippen LogP contribution is -2.55. The number of nitrogens with two attached hydrogens (primary N) is 1. The van der Waals surface area contributed by atoms with Crippen LogP contribution in [0.15, 0.2) is 0 Å². The summed E-state index contributed by atoms with van der Waals surface area (Å²) in [6.45, 7) is 6.22. The van der Waals surface area contributed by atoms with E-state index in [1.54, 1.807) is 13.8 Å². The van der Waals surface area contributed by atoms with Crippen molar-refractivity contribution in [1.29, 1.82) is 0 Å². The highest BCUT2D eigenvalue weighted by Crippen LogP contribution is 2.20. The van der Waals surface area contributed by atoms with E-state index in [4.69, 9.17) is 22.7 Å². The van der Waals surface area contributed by atoms with Gasteiger partial charge < -0.3 is 15.8 Å². The van der Waals surface area contributed by atoms with Crippen LogP contribution in [0.1, 0.15) is 27.2 Å². The number of carbonyl (C=O) groups is 1. The van der Waals surface area contributed by atoms with Gasteiger partial charge in [0.2, 0.25) is 5.91 Å². The number of rotatable bonds is 3. The molecule has 3 N–H and O–H groups in total. The lowest BCUT2D eigenvalue weighted by molar-refractivity contribution is -0.132. The zero-order valence-corrected chi connectivity index (χ0v) is 10.2. The molecule has 2 atom stereocenters. The van der Waals surface area contributed by atoms with Gasteiger partial charge in [-0.15, -0.1) is 0 Å². The Morgan fingerprint density at radius 1 is 1.60 bits per heavy atom. The van der Waals surface area contributed by atoms with E-state index in [9.17, 15) is 4.79 Å². The number of hydrogen-bond donors (Lipinski definition) is 2. The third kappa shape index (κ3) is 2.89. The number of thiocarbonyl (C=S) groups is 1. The molecule has 0 spiro atoms. The summed E-state index contributed by atoms with van der Waals surface area (Å²) in [7, 11) is 0. The Morgan fingerprint density at radius 3 is 2.60 bits per heavy atom. The SMILES string of the molecule is CC1CCOC1C(=O)NC(C)(C)C(N)=S. The van der Waals surface area contributed by atoms with Crippen LogP contribution < -0.4 is 11.1 Å². The van der Waals surface area contributed by atoms with E-state index in [1.165, 1.54) is 0 Å². The van der Waals surface area contributed by atoms with Crippen molar-refractivity contribution in [3.8, 4) is 0 Å². The van der Waals surface area contributed by atoms with Crippen LogP contribution >= 0.6 is 12.2 Å². The predicted molar refractivity (Wildman–Crippen MR) is 62.5 cm³/mol. The minimum Gasteiger partial charge on any atom is -0.391 e. The Morgan fingerprint density at radius 2 is 2.20 bits per heavy atom. The van der Waals surface area contributed by atoms with Gasteiger partial charge in [-0.3, -0.25) is 4.79 Å². The molecular formula is C10H18N2O2S. The zero-order chi connectivity index (χ0) is 11.6. The van der Waals surface area contributed by atoms with Crippen molar-refractivity contribution in [3.63, 3.8) is 0 Å². The van der Waals surface area contributed by atoms with Gasteiger partial charge in [-0.25, -0.2) is 0 Å². The molecule has 0 aromatic heterocycles. The molecule has 1 heterocycles. The number of carbonyl (C=O) groups excluding carboxylic acids is 1. The molecule has 86 valence electrons. The van der Waals surface area contributed by atoms with Gasteiger partial charge in [0.15, 0.2) is 0 Å². The van der Waals surface area contributed by atoms with Gasteiger partial charge >= 0.3 is 0 Å². The van der Waals surface area contributed by atoms with Crippen molar-refractivity contribution < 1.29 is 9.53 Å². The third-order valence-electron chi connectivity index (χ3n) is 2.70. The van der Waals surface area contributed by atoms with Crippen LogP contribution in [0, 0.1) is 5.92 Å². The largest absolute Gasteiger partial charge is 0.391 e. The topological polar surface area (TPSA) is 64.3 Å². The van der Waals surface area contributed by atoms with Crippen molar-refractivity contribution in [2.45, 2.75) is 38.8 Å². The molecule has 1 aliphatic rings. The summed E-state index contributed by atoms with van der Waals surface area (Å²) in [6.07, 6.45) is 0.560. The van der Waals surface area contributed by atoms with Crippen molar-refractivity contribution in [2.24, 2.45) is 11.7 Å². The van der Waals surface area contributed by atoms with Crippen LogP contribution in [-0.4, -0.2) is 29.1 Å². The van der Waals surface area contributed by atoms with Crippen molar-refractivity contribution in [1.82, 2.24) is 5.32 Å². The Bertz CT molecular complexity index is 279. The molecule has 4 nitrogen and oxygen atoms in total. The fourth-order valence-electron chi connectivity index (χ4n) is 1.47. The fraction of sp³-hybridized carbons (Fsp3) is 0.800. The predicted octanol–water partition coefficient (Wildman–Crippen LogP) is 0.592. The lowest BCUT2D eigenvalue weighted by Gasteiger charge is -2.27. The Labute approximate surface area is 95.5 Å². The summed E-state index contributed by atoms with van der Waals surface area (Å²) in [5.74, 6) is 0.130. The first-order valence-corrected chi connectivity index (χ1v) is 5.49. The Hall–Kier alpha value is -0.680. The normalized spacial score (nSPS) is 26.3. The molecule has 0 aromatic rings. The van der Waals surface area contributed by atoms with Crippen LogP contribution in [-0.2, 0) is 9.53 Å². The van der Waals surface area contributed by atoms with E-state index in [1.807, 2.05) is 6.92 Å². The molecule has 1 amide bonds. The summed E-state index contributed by atoms with van der Waals surface area (Å²) < 4.78 is 5.36. The maximum Gasteiger partial charge on any atom is 0.250 e. The van der Waals surface area contributed by atoms with Gasteiger partial charge in [0.25, 0.3) is 0 Å². The Balaban J connectivity index is 2.59. The van der Waals surface area contributed by atoms with E-state index >= 15 is 0 Å². The molecule has 1 fully saturated rings. The fourth-order valence-corrected chi connectivity index (χ4v) is 1.52. The maximum absolute atomic E-state index is 11.8. The van der Waals surface area contributed by atoms with E-state index in [2.05, 4.69) is 5.32 Å². The molecule has 1 rings (SSSR count). The minimum absolute atomic E-state index is 0.127. The minimum atomic E-state index is -0.655. The molecule has 15 heavy (non-hydrogen) atoms. The lowest BCUT2D eigenvalue weighted by atomic mass is 10.0. The second kappa shape index (κ2) is 4.45. The molecule has 1 aliphatic heterocycles. The highest BCUT2D eigenvalue weighted by molar-refractivity contribution is 7.80. The molecule has 0 radical (unpaired) electrons. The molecule has 0 saturated carbocycles. The number of amides is 1. The van der Waals surface area contributed by atoms with E-state index < -0.39 is 5.54 Å². The summed E-state index contributed by atoms with van der Waals surface area (Å²) in [4.78, 5) is 12.1. The van der Waals surface area contributed by atoms with E-state index in [0.717, 1.165) is 6.42 Å². The summed E-state index contributed by atoms with van der Waals surface area (Å²) in [5.41, 5.74) is 4.87. The first kappa shape index (κ1) is 12.4.